The maximum atomic E-state index is 11.6. The Hall–Kier alpha value is -3.55. The molecule has 8 heteroatoms. The van der Waals surface area contributed by atoms with Gasteiger partial charge in [0.15, 0.2) is 0 Å². The molecule has 2 aromatic carbocycles. The van der Waals surface area contributed by atoms with Gasteiger partial charge in [0.2, 0.25) is 0 Å². The molecular formula is C20H20N4O4. The first kappa shape index (κ1) is 19.2. The summed E-state index contributed by atoms with van der Waals surface area (Å²) in [5, 5.41) is 18.9. The fourth-order valence-corrected chi connectivity index (χ4v) is 2.80. The Morgan fingerprint density at radius 3 is 2.25 bits per heavy atom. The van der Waals surface area contributed by atoms with E-state index in [2.05, 4.69) is 21.7 Å². The first-order valence-corrected chi connectivity index (χ1v) is 8.80. The summed E-state index contributed by atoms with van der Waals surface area (Å²) >= 11 is 0. The Labute approximate surface area is 162 Å². The fourth-order valence-electron chi connectivity index (χ4n) is 2.80. The number of anilines is 1. The molecule has 2 aromatic rings. The van der Waals surface area contributed by atoms with Gasteiger partial charge in [-0.3, -0.25) is 10.1 Å². The molecule has 1 fully saturated rings. The zero-order valence-electron chi connectivity index (χ0n) is 15.4. The highest BCUT2D eigenvalue weighted by molar-refractivity contribution is 5.87. The number of nitro benzene ring substituents is 1. The molecule has 0 amide bonds. The van der Waals surface area contributed by atoms with Crippen molar-refractivity contribution in [3.63, 3.8) is 0 Å². The summed E-state index contributed by atoms with van der Waals surface area (Å²) < 4.78 is 5.40. The van der Waals surface area contributed by atoms with E-state index in [1.54, 1.807) is 19.1 Å². The third-order valence-electron chi connectivity index (χ3n) is 4.32. The second-order valence-electron chi connectivity index (χ2n) is 6.53. The number of esters is 1. The first-order chi connectivity index (χ1) is 13.4. The van der Waals surface area contributed by atoms with Crippen molar-refractivity contribution in [2.24, 2.45) is 10.2 Å². The Balaban J connectivity index is 1.58. The van der Waals surface area contributed by atoms with Crippen LogP contribution in [0, 0.1) is 10.1 Å². The average Bonchev–Trinajstić information content (AvgIpc) is 3.15. The predicted octanol–water partition coefficient (Wildman–Crippen LogP) is 4.71. The number of hydrogen-bond donors (Lipinski definition) is 0. The number of non-ortho nitro benzene ring substituents is 1. The number of carbonyl (C=O) groups excluding carboxylic acids is 1. The maximum absolute atomic E-state index is 11.6. The minimum absolute atomic E-state index is 0.0150. The molecule has 0 radical (unpaired) electrons. The van der Waals surface area contributed by atoms with E-state index in [9.17, 15) is 14.9 Å². The van der Waals surface area contributed by atoms with Gasteiger partial charge >= 0.3 is 5.97 Å². The van der Waals surface area contributed by atoms with Gasteiger partial charge in [-0.15, -0.1) is 0 Å². The summed E-state index contributed by atoms with van der Waals surface area (Å²) in [4.78, 5) is 24.0. The van der Waals surface area contributed by atoms with Crippen LogP contribution in [0.5, 0.6) is 0 Å². The van der Waals surface area contributed by atoms with Crippen LogP contribution in [0.25, 0.3) is 0 Å². The van der Waals surface area contributed by atoms with E-state index < -0.39 is 4.92 Å². The Morgan fingerprint density at radius 2 is 1.71 bits per heavy atom. The van der Waals surface area contributed by atoms with Gasteiger partial charge in [-0.2, -0.15) is 10.2 Å². The molecule has 3 rings (SSSR count). The van der Waals surface area contributed by atoms with Gasteiger partial charge in [0.05, 0.1) is 22.8 Å². The molecular weight excluding hydrogens is 360 g/mol. The van der Waals surface area contributed by atoms with Crippen LogP contribution in [-0.2, 0) is 9.53 Å². The fraction of sp³-hybridized carbons (Fsp3) is 0.250. The molecule has 1 saturated heterocycles. The highest BCUT2D eigenvalue weighted by Crippen LogP contribution is 2.26. The summed E-state index contributed by atoms with van der Waals surface area (Å²) in [6.45, 7) is 6.68. The highest BCUT2D eigenvalue weighted by atomic mass is 16.6. The summed E-state index contributed by atoms with van der Waals surface area (Å²) in [7, 11) is 0. The maximum Gasteiger partial charge on any atom is 0.333 e. The highest BCUT2D eigenvalue weighted by Gasteiger charge is 2.25. The molecule has 28 heavy (non-hydrogen) atoms. The molecule has 0 aromatic heterocycles. The van der Waals surface area contributed by atoms with Crippen LogP contribution in [0.4, 0.5) is 22.7 Å². The second-order valence-corrected chi connectivity index (χ2v) is 6.53. The number of ether oxygens (including phenoxy) is 1. The number of azo groups is 1. The predicted molar refractivity (Wildman–Crippen MR) is 105 cm³/mol. The smallest absolute Gasteiger partial charge is 0.333 e. The third kappa shape index (κ3) is 4.79. The Bertz CT molecular complexity index is 907. The molecule has 0 spiro atoms. The average molecular weight is 380 g/mol. The van der Waals surface area contributed by atoms with Gasteiger partial charge in [0.25, 0.3) is 5.69 Å². The van der Waals surface area contributed by atoms with Gasteiger partial charge in [-0.25, -0.2) is 4.79 Å². The van der Waals surface area contributed by atoms with Crippen molar-refractivity contribution in [1.82, 2.24) is 0 Å². The molecule has 0 aliphatic carbocycles. The van der Waals surface area contributed by atoms with Crippen molar-refractivity contribution in [3.05, 3.63) is 70.8 Å². The van der Waals surface area contributed by atoms with Crippen LogP contribution >= 0.6 is 0 Å². The Kier molecular flexibility index (Phi) is 5.78. The molecule has 8 nitrogen and oxygen atoms in total. The van der Waals surface area contributed by atoms with Crippen molar-refractivity contribution in [3.8, 4) is 0 Å². The molecule has 0 N–H and O–H groups in total. The summed E-state index contributed by atoms with van der Waals surface area (Å²) in [6.07, 6.45) is 0.645. The third-order valence-corrected chi connectivity index (χ3v) is 4.32. The Morgan fingerprint density at radius 1 is 1.14 bits per heavy atom. The normalized spacial score (nSPS) is 16.3. The van der Waals surface area contributed by atoms with E-state index in [4.69, 9.17) is 4.74 Å². The van der Waals surface area contributed by atoms with Gasteiger partial charge < -0.3 is 9.64 Å². The molecule has 144 valence electrons. The van der Waals surface area contributed by atoms with Gasteiger partial charge in [0.1, 0.15) is 6.10 Å². The lowest BCUT2D eigenvalue weighted by atomic mass is 10.2. The summed E-state index contributed by atoms with van der Waals surface area (Å²) in [5.74, 6) is -0.353. The van der Waals surface area contributed by atoms with E-state index in [1.165, 1.54) is 12.1 Å². The van der Waals surface area contributed by atoms with E-state index in [0.717, 1.165) is 18.7 Å². The number of nitro groups is 1. The summed E-state index contributed by atoms with van der Waals surface area (Å²) in [6, 6.07) is 13.4. The number of nitrogens with zero attached hydrogens (tertiary/aromatic N) is 4. The topological polar surface area (TPSA) is 97.4 Å². The monoisotopic (exact) mass is 380 g/mol. The number of carbonyl (C=O) groups is 1. The molecule has 1 atom stereocenters. The first-order valence-electron chi connectivity index (χ1n) is 8.80. The van der Waals surface area contributed by atoms with Crippen LogP contribution in [0.3, 0.4) is 0 Å². The quantitative estimate of drug-likeness (QED) is 0.238. The van der Waals surface area contributed by atoms with Gasteiger partial charge in [0, 0.05) is 36.4 Å². The van der Waals surface area contributed by atoms with E-state index >= 15 is 0 Å². The number of hydrogen-bond acceptors (Lipinski definition) is 7. The zero-order chi connectivity index (χ0) is 20.1. The van der Waals surface area contributed by atoms with Crippen molar-refractivity contribution >= 4 is 28.7 Å². The molecule has 0 unspecified atom stereocenters. The lowest BCUT2D eigenvalue weighted by Crippen LogP contribution is -2.24. The second kappa shape index (κ2) is 8.43. The molecule has 1 heterocycles. The van der Waals surface area contributed by atoms with Gasteiger partial charge in [-0.1, -0.05) is 6.58 Å². The molecule has 1 aliphatic rings. The minimum Gasteiger partial charge on any atom is -0.457 e. The zero-order valence-corrected chi connectivity index (χ0v) is 15.4. The van der Waals surface area contributed by atoms with Gasteiger partial charge in [-0.05, 0) is 43.3 Å². The van der Waals surface area contributed by atoms with Crippen LogP contribution < -0.4 is 4.90 Å². The van der Waals surface area contributed by atoms with E-state index in [1.807, 2.05) is 24.3 Å². The van der Waals surface area contributed by atoms with E-state index in [0.29, 0.717) is 23.5 Å². The SMILES string of the molecule is C=C(C)C(=O)O[C@H]1CCN(c2ccc(N=Nc3ccc([N+](=O)[O-])cc3)cc2)C1. The van der Waals surface area contributed by atoms with Crippen molar-refractivity contribution in [1.29, 1.82) is 0 Å². The molecule has 1 aliphatic heterocycles. The molecule has 0 bridgehead atoms. The number of benzene rings is 2. The largest absolute Gasteiger partial charge is 0.457 e. The van der Waals surface area contributed by atoms with Crippen molar-refractivity contribution in [2.75, 3.05) is 18.0 Å². The van der Waals surface area contributed by atoms with E-state index in [-0.39, 0.29) is 17.8 Å². The lowest BCUT2D eigenvalue weighted by Gasteiger charge is -2.18. The standard InChI is InChI=1S/C20H20N4O4/c1-14(2)20(25)28-19-11-12-23(13-19)17-7-3-15(4-8-17)21-22-16-5-9-18(10-6-16)24(26)27/h3-10,19H,1,11-13H2,2H3/t19-/m0/s1. The summed E-state index contributed by atoms with van der Waals surface area (Å²) in [5.41, 5.74) is 2.65. The van der Waals surface area contributed by atoms with Crippen LogP contribution in [0.1, 0.15) is 13.3 Å². The minimum atomic E-state index is -0.456. The molecule has 0 saturated carbocycles. The van der Waals surface area contributed by atoms with Crippen LogP contribution in [0.2, 0.25) is 0 Å². The van der Waals surface area contributed by atoms with Crippen molar-refractivity contribution in [2.45, 2.75) is 19.4 Å². The lowest BCUT2D eigenvalue weighted by molar-refractivity contribution is -0.384. The van der Waals surface area contributed by atoms with Crippen molar-refractivity contribution < 1.29 is 14.5 Å². The van der Waals surface area contributed by atoms with Crippen LogP contribution in [0.15, 0.2) is 70.9 Å². The number of rotatable bonds is 6. The van der Waals surface area contributed by atoms with Crippen LogP contribution in [-0.4, -0.2) is 30.1 Å².